The Kier molecular flexibility index (Phi) is 3.56. The van der Waals surface area contributed by atoms with E-state index in [-0.39, 0.29) is 30.1 Å². The molecule has 0 bridgehead atoms. The van der Waals surface area contributed by atoms with Crippen molar-refractivity contribution < 1.29 is 26.7 Å². The van der Waals surface area contributed by atoms with Crippen molar-refractivity contribution in [2.45, 2.75) is 31.0 Å². The number of rotatable bonds is 3. The lowest BCUT2D eigenvalue weighted by atomic mass is 9.91. The smallest absolute Gasteiger partial charge is 0.452 e. The summed E-state index contributed by atoms with van der Waals surface area (Å²) < 4.78 is 70.5. The molecule has 0 amide bonds. The van der Waals surface area contributed by atoms with Crippen LogP contribution in [0, 0.1) is 0 Å². The van der Waals surface area contributed by atoms with Gasteiger partial charge in [-0.15, -0.1) is 10.2 Å². The maximum absolute atomic E-state index is 12.9. The molecule has 1 fully saturated rings. The molecule has 1 aliphatic rings. The highest BCUT2D eigenvalue weighted by molar-refractivity contribution is 5.59. The fourth-order valence-corrected chi connectivity index (χ4v) is 2.61. The summed E-state index contributed by atoms with van der Waals surface area (Å²) >= 11 is 0. The van der Waals surface area contributed by atoms with Crippen molar-refractivity contribution in [2.24, 2.45) is 0 Å². The molecule has 1 saturated carbocycles. The topological polar surface area (TPSA) is 65.2 Å². The van der Waals surface area contributed by atoms with E-state index in [9.17, 15) is 22.0 Å². The van der Waals surface area contributed by atoms with Gasteiger partial charge in [0.2, 0.25) is 11.7 Å². The van der Waals surface area contributed by atoms with E-state index in [0.717, 1.165) is 10.6 Å². The van der Waals surface area contributed by atoms with Gasteiger partial charge in [-0.3, -0.25) is 9.38 Å². The number of hydrogen-bond acceptors (Lipinski definition) is 5. The Hall–Kier alpha value is -2.85. The molecule has 136 valence electrons. The molecule has 0 atom stereocenters. The summed E-state index contributed by atoms with van der Waals surface area (Å²) in [4.78, 5) is 8.03. The monoisotopic (exact) mass is 371 g/mol. The zero-order chi connectivity index (χ0) is 18.5. The Balaban J connectivity index is 1.57. The molecule has 0 unspecified atom stereocenters. The largest absolute Gasteiger partial charge is 0.474 e. The highest BCUT2D eigenvalue weighted by atomic mass is 19.4. The van der Waals surface area contributed by atoms with Crippen LogP contribution in [0.4, 0.5) is 22.0 Å². The third kappa shape index (κ3) is 3.04. The zero-order valence-electron chi connectivity index (χ0n) is 12.9. The molecule has 0 aliphatic heterocycles. The maximum Gasteiger partial charge on any atom is 0.452 e. The molecule has 1 aliphatic carbocycles. The number of aromatic nitrogens is 5. The molecule has 3 heterocycles. The summed E-state index contributed by atoms with van der Waals surface area (Å²) in [5, 5.41) is 6.55. The molecular formula is C15H10F5N5O. The number of fused-ring (bicyclic) bond motifs is 1. The van der Waals surface area contributed by atoms with Crippen LogP contribution in [0.25, 0.3) is 16.9 Å². The van der Waals surface area contributed by atoms with Crippen LogP contribution in [-0.4, -0.2) is 36.6 Å². The quantitative estimate of drug-likeness (QED) is 0.661. The molecule has 11 heteroatoms. The number of nitrogens with zero attached hydrogens (tertiary/aromatic N) is 5. The molecule has 6 nitrogen and oxygen atoms in total. The third-order valence-corrected chi connectivity index (χ3v) is 3.92. The first-order chi connectivity index (χ1) is 12.2. The van der Waals surface area contributed by atoms with E-state index in [4.69, 9.17) is 4.74 Å². The van der Waals surface area contributed by atoms with E-state index < -0.39 is 24.0 Å². The van der Waals surface area contributed by atoms with Gasteiger partial charge < -0.3 is 4.74 Å². The van der Waals surface area contributed by atoms with Crippen LogP contribution in [-0.2, 0) is 6.18 Å². The highest BCUT2D eigenvalue weighted by Gasteiger charge is 2.47. The number of alkyl halides is 5. The molecule has 0 saturated heterocycles. The van der Waals surface area contributed by atoms with Crippen molar-refractivity contribution in [3.63, 3.8) is 0 Å². The summed E-state index contributed by atoms with van der Waals surface area (Å²) in [6, 6.07) is 2.99. The lowest BCUT2D eigenvalue weighted by Gasteiger charge is -2.34. The average Bonchev–Trinajstić information content (AvgIpc) is 2.97. The van der Waals surface area contributed by atoms with Crippen LogP contribution < -0.4 is 4.74 Å². The van der Waals surface area contributed by atoms with Crippen molar-refractivity contribution in [1.29, 1.82) is 0 Å². The molecular weight excluding hydrogens is 361 g/mol. The normalized spacial score (nSPS) is 17.3. The number of ether oxygens (including phenoxy) is 1. The standard InChI is InChI=1S/C15H10F5N5O/c16-14(17)3-9(4-14)26-12-2-1-8(5-22-12)10-7-25-11(6-21-10)23-24-13(25)15(18,19)20/h1-2,5-7,9H,3-4H2. The Labute approximate surface area is 142 Å². The van der Waals surface area contributed by atoms with E-state index >= 15 is 0 Å². The second-order valence-electron chi connectivity index (χ2n) is 5.91. The van der Waals surface area contributed by atoms with Crippen LogP contribution >= 0.6 is 0 Å². The van der Waals surface area contributed by atoms with Crippen molar-refractivity contribution in [3.05, 3.63) is 36.5 Å². The Morgan fingerprint density at radius 1 is 1.08 bits per heavy atom. The molecule has 0 aromatic carbocycles. The predicted molar refractivity (Wildman–Crippen MR) is 77.6 cm³/mol. The van der Waals surface area contributed by atoms with Gasteiger partial charge in [0.15, 0.2) is 5.65 Å². The first-order valence-corrected chi connectivity index (χ1v) is 7.50. The van der Waals surface area contributed by atoms with E-state index in [0.29, 0.717) is 5.56 Å². The van der Waals surface area contributed by atoms with Crippen molar-refractivity contribution >= 4 is 5.65 Å². The Morgan fingerprint density at radius 3 is 2.46 bits per heavy atom. The SMILES string of the molecule is FC1(F)CC(Oc2ccc(-c3cn4c(C(F)(F)F)nnc4cn3)cn2)C1. The molecule has 0 spiro atoms. The minimum Gasteiger partial charge on any atom is -0.474 e. The molecule has 3 aromatic rings. The van der Waals surface area contributed by atoms with Gasteiger partial charge in [-0.2, -0.15) is 13.2 Å². The van der Waals surface area contributed by atoms with Gasteiger partial charge in [0.25, 0.3) is 5.92 Å². The lowest BCUT2D eigenvalue weighted by molar-refractivity contribution is -0.145. The fraction of sp³-hybridized carbons (Fsp3) is 0.333. The fourth-order valence-electron chi connectivity index (χ4n) is 2.61. The van der Waals surface area contributed by atoms with Gasteiger partial charge in [-0.05, 0) is 6.07 Å². The van der Waals surface area contributed by atoms with E-state index in [1.54, 1.807) is 0 Å². The second kappa shape index (κ2) is 5.58. The maximum atomic E-state index is 12.9. The molecule has 3 aromatic heterocycles. The summed E-state index contributed by atoms with van der Waals surface area (Å²) in [7, 11) is 0. The van der Waals surface area contributed by atoms with Crippen LogP contribution in [0.5, 0.6) is 5.88 Å². The first-order valence-electron chi connectivity index (χ1n) is 7.50. The van der Waals surface area contributed by atoms with Crippen LogP contribution in [0.15, 0.2) is 30.7 Å². The summed E-state index contributed by atoms with van der Waals surface area (Å²) in [6.07, 6.45) is -2.30. The van der Waals surface area contributed by atoms with Gasteiger partial charge in [0.1, 0.15) is 6.10 Å². The van der Waals surface area contributed by atoms with Crippen LogP contribution in [0.2, 0.25) is 0 Å². The number of hydrogen-bond donors (Lipinski definition) is 0. The number of halogens is 5. The minimum absolute atomic E-state index is 0.0418. The first kappa shape index (κ1) is 16.6. The van der Waals surface area contributed by atoms with Gasteiger partial charge in [0, 0.05) is 36.9 Å². The second-order valence-corrected chi connectivity index (χ2v) is 5.91. The van der Waals surface area contributed by atoms with Crippen molar-refractivity contribution in [3.8, 4) is 17.1 Å². The minimum atomic E-state index is -4.65. The van der Waals surface area contributed by atoms with Gasteiger partial charge in [0.05, 0.1) is 11.9 Å². The molecule has 26 heavy (non-hydrogen) atoms. The molecule has 0 N–H and O–H groups in total. The van der Waals surface area contributed by atoms with E-state index in [1.165, 1.54) is 24.5 Å². The van der Waals surface area contributed by atoms with Crippen molar-refractivity contribution in [2.75, 3.05) is 0 Å². The van der Waals surface area contributed by atoms with Crippen LogP contribution in [0.1, 0.15) is 18.7 Å². The van der Waals surface area contributed by atoms with E-state index in [2.05, 4.69) is 20.2 Å². The number of pyridine rings is 1. The average molecular weight is 371 g/mol. The van der Waals surface area contributed by atoms with E-state index in [1.807, 2.05) is 0 Å². The van der Waals surface area contributed by atoms with Gasteiger partial charge in [-0.1, -0.05) is 0 Å². The summed E-state index contributed by atoms with van der Waals surface area (Å²) in [5.41, 5.74) is 0.608. The lowest BCUT2D eigenvalue weighted by Crippen LogP contribution is -2.43. The van der Waals surface area contributed by atoms with Gasteiger partial charge in [-0.25, -0.2) is 13.8 Å². The summed E-state index contributed by atoms with van der Waals surface area (Å²) in [5.74, 6) is -3.69. The van der Waals surface area contributed by atoms with Crippen LogP contribution in [0.3, 0.4) is 0 Å². The molecule has 4 rings (SSSR count). The van der Waals surface area contributed by atoms with Crippen molar-refractivity contribution in [1.82, 2.24) is 24.6 Å². The molecule has 0 radical (unpaired) electrons. The third-order valence-electron chi connectivity index (χ3n) is 3.92. The van der Waals surface area contributed by atoms with Gasteiger partial charge >= 0.3 is 6.18 Å². The Morgan fingerprint density at radius 2 is 1.85 bits per heavy atom. The predicted octanol–water partition coefficient (Wildman–Crippen LogP) is 3.38. The summed E-state index contributed by atoms with van der Waals surface area (Å²) in [6.45, 7) is 0. The highest BCUT2D eigenvalue weighted by Crippen LogP contribution is 2.39. The Bertz CT molecular complexity index is 945. The zero-order valence-corrected chi connectivity index (χ0v) is 12.9.